The fourth-order valence-corrected chi connectivity index (χ4v) is 2.67. The van der Waals surface area contributed by atoms with Gasteiger partial charge in [-0.1, -0.05) is 26.2 Å². The SMILES string of the molecule is CCCCCCOc1ccc(C(=O)NNC(=O)C2CCOCC2)cc1. The summed E-state index contributed by atoms with van der Waals surface area (Å²) in [7, 11) is 0. The average molecular weight is 348 g/mol. The number of carbonyl (C=O) groups is 2. The summed E-state index contributed by atoms with van der Waals surface area (Å²) in [5.74, 6) is 0.149. The van der Waals surface area contributed by atoms with Crippen molar-refractivity contribution >= 4 is 11.8 Å². The number of hydrogen-bond donors (Lipinski definition) is 2. The van der Waals surface area contributed by atoms with Gasteiger partial charge in [-0.15, -0.1) is 0 Å². The number of hydrazine groups is 1. The van der Waals surface area contributed by atoms with Crippen LogP contribution in [0.1, 0.15) is 55.8 Å². The molecule has 2 amide bonds. The van der Waals surface area contributed by atoms with Gasteiger partial charge < -0.3 is 9.47 Å². The average Bonchev–Trinajstić information content (AvgIpc) is 2.67. The van der Waals surface area contributed by atoms with Crippen molar-refractivity contribution in [3.63, 3.8) is 0 Å². The van der Waals surface area contributed by atoms with Crippen molar-refractivity contribution in [2.45, 2.75) is 45.4 Å². The van der Waals surface area contributed by atoms with Crippen LogP contribution in [0, 0.1) is 5.92 Å². The van der Waals surface area contributed by atoms with E-state index in [0.717, 1.165) is 12.2 Å². The number of rotatable bonds is 8. The molecule has 1 aliphatic rings. The molecule has 6 heteroatoms. The van der Waals surface area contributed by atoms with Crippen LogP contribution in [0.25, 0.3) is 0 Å². The molecule has 138 valence electrons. The monoisotopic (exact) mass is 348 g/mol. The quantitative estimate of drug-likeness (QED) is 0.559. The lowest BCUT2D eigenvalue weighted by molar-refractivity contribution is -0.128. The van der Waals surface area contributed by atoms with Crippen LogP contribution < -0.4 is 15.6 Å². The second-order valence-corrected chi connectivity index (χ2v) is 6.26. The van der Waals surface area contributed by atoms with Crippen molar-refractivity contribution in [1.29, 1.82) is 0 Å². The van der Waals surface area contributed by atoms with E-state index in [1.165, 1.54) is 19.3 Å². The van der Waals surface area contributed by atoms with Gasteiger partial charge in [-0.25, -0.2) is 0 Å². The molecule has 1 saturated heterocycles. The lowest BCUT2D eigenvalue weighted by atomic mass is 10.00. The van der Waals surface area contributed by atoms with Crippen molar-refractivity contribution in [2.24, 2.45) is 5.92 Å². The molecular weight excluding hydrogens is 320 g/mol. The van der Waals surface area contributed by atoms with E-state index in [1.807, 2.05) is 0 Å². The molecule has 0 spiro atoms. The zero-order chi connectivity index (χ0) is 17.9. The predicted octanol–water partition coefficient (Wildman–Crippen LogP) is 2.83. The highest BCUT2D eigenvalue weighted by molar-refractivity contribution is 5.95. The topological polar surface area (TPSA) is 76.7 Å². The smallest absolute Gasteiger partial charge is 0.269 e. The molecule has 2 N–H and O–H groups in total. The Morgan fingerprint density at radius 2 is 1.80 bits per heavy atom. The second-order valence-electron chi connectivity index (χ2n) is 6.26. The van der Waals surface area contributed by atoms with Crippen molar-refractivity contribution in [3.8, 4) is 5.75 Å². The van der Waals surface area contributed by atoms with E-state index in [-0.39, 0.29) is 17.7 Å². The van der Waals surface area contributed by atoms with Gasteiger partial charge >= 0.3 is 0 Å². The maximum Gasteiger partial charge on any atom is 0.269 e. The molecule has 0 saturated carbocycles. The summed E-state index contributed by atoms with van der Waals surface area (Å²) in [5.41, 5.74) is 5.43. The zero-order valence-corrected chi connectivity index (χ0v) is 14.9. The summed E-state index contributed by atoms with van der Waals surface area (Å²) in [4.78, 5) is 24.1. The Balaban J connectivity index is 1.71. The van der Waals surface area contributed by atoms with Gasteiger partial charge in [0.1, 0.15) is 5.75 Å². The van der Waals surface area contributed by atoms with Crippen molar-refractivity contribution in [1.82, 2.24) is 10.9 Å². The Labute approximate surface area is 149 Å². The van der Waals surface area contributed by atoms with E-state index in [1.54, 1.807) is 24.3 Å². The lowest BCUT2D eigenvalue weighted by Crippen LogP contribution is -2.45. The summed E-state index contributed by atoms with van der Waals surface area (Å²) in [6.07, 6.45) is 6.01. The molecule has 0 radical (unpaired) electrons. The first kappa shape index (κ1) is 19.2. The summed E-state index contributed by atoms with van der Waals surface area (Å²) >= 11 is 0. The van der Waals surface area contributed by atoms with E-state index in [4.69, 9.17) is 9.47 Å². The Morgan fingerprint density at radius 3 is 2.48 bits per heavy atom. The zero-order valence-electron chi connectivity index (χ0n) is 14.9. The number of amides is 2. The van der Waals surface area contributed by atoms with Gasteiger partial charge in [0, 0.05) is 24.7 Å². The molecule has 0 unspecified atom stereocenters. The van der Waals surface area contributed by atoms with Gasteiger partial charge in [-0.3, -0.25) is 20.4 Å². The van der Waals surface area contributed by atoms with Gasteiger partial charge in [0.2, 0.25) is 5.91 Å². The summed E-state index contributed by atoms with van der Waals surface area (Å²) in [6.45, 7) is 4.04. The molecule has 1 aromatic carbocycles. The molecule has 6 nitrogen and oxygen atoms in total. The minimum absolute atomic E-state index is 0.0995. The molecule has 0 aliphatic carbocycles. The number of ether oxygens (including phenoxy) is 2. The van der Waals surface area contributed by atoms with Crippen LogP contribution in [0.2, 0.25) is 0 Å². The second kappa shape index (κ2) is 10.7. The highest BCUT2D eigenvalue weighted by atomic mass is 16.5. The van der Waals surface area contributed by atoms with Gasteiger partial charge in [-0.2, -0.15) is 0 Å². The standard InChI is InChI=1S/C19H28N2O4/c1-2-3-4-5-12-25-17-8-6-15(7-9-17)18(22)20-21-19(23)16-10-13-24-14-11-16/h6-9,16H,2-5,10-14H2,1H3,(H,20,22)(H,21,23). The largest absolute Gasteiger partial charge is 0.494 e. The van der Waals surface area contributed by atoms with Crippen LogP contribution in [0.4, 0.5) is 0 Å². The highest BCUT2D eigenvalue weighted by Gasteiger charge is 2.21. The number of nitrogens with one attached hydrogen (secondary N) is 2. The van der Waals surface area contributed by atoms with E-state index >= 15 is 0 Å². The van der Waals surface area contributed by atoms with Crippen LogP contribution >= 0.6 is 0 Å². The fourth-order valence-electron chi connectivity index (χ4n) is 2.67. The van der Waals surface area contributed by atoms with Crippen LogP contribution in [0.5, 0.6) is 5.75 Å². The third-order valence-corrected chi connectivity index (χ3v) is 4.27. The number of carbonyl (C=O) groups excluding carboxylic acids is 2. The highest BCUT2D eigenvalue weighted by Crippen LogP contribution is 2.15. The molecular formula is C19H28N2O4. The summed E-state index contributed by atoms with van der Waals surface area (Å²) in [5, 5.41) is 0. The molecule has 0 atom stereocenters. The molecule has 2 rings (SSSR count). The first-order valence-electron chi connectivity index (χ1n) is 9.11. The van der Waals surface area contributed by atoms with Crippen LogP contribution in [0.3, 0.4) is 0 Å². The molecule has 25 heavy (non-hydrogen) atoms. The first-order valence-corrected chi connectivity index (χ1v) is 9.11. The van der Waals surface area contributed by atoms with E-state index in [2.05, 4.69) is 17.8 Å². The number of hydrogen-bond acceptors (Lipinski definition) is 4. The molecule has 1 aliphatic heterocycles. The molecule has 0 aromatic heterocycles. The van der Waals surface area contributed by atoms with E-state index in [9.17, 15) is 9.59 Å². The maximum atomic E-state index is 12.1. The summed E-state index contributed by atoms with van der Waals surface area (Å²) in [6, 6.07) is 6.93. The Morgan fingerprint density at radius 1 is 1.08 bits per heavy atom. The minimum Gasteiger partial charge on any atom is -0.494 e. The van der Waals surface area contributed by atoms with Crippen molar-refractivity contribution in [3.05, 3.63) is 29.8 Å². The Kier molecular flexibility index (Phi) is 8.25. The van der Waals surface area contributed by atoms with Crippen LogP contribution in [-0.4, -0.2) is 31.6 Å². The summed E-state index contributed by atoms with van der Waals surface area (Å²) < 4.78 is 10.9. The molecule has 1 fully saturated rings. The molecule has 0 bridgehead atoms. The third kappa shape index (κ3) is 6.74. The van der Waals surface area contributed by atoms with Gasteiger partial charge in [0.25, 0.3) is 5.91 Å². The van der Waals surface area contributed by atoms with Crippen molar-refractivity contribution < 1.29 is 19.1 Å². The third-order valence-electron chi connectivity index (χ3n) is 4.27. The van der Waals surface area contributed by atoms with E-state index in [0.29, 0.717) is 38.2 Å². The van der Waals surface area contributed by atoms with Gasteiger partial charge in [0.05, 0.1) is 6.61 Å². The maximum absolute atomic E-state index is 12.1. The molecule has 1 heterocycles. The Bertz CT molecular complexity index is 539. The minimum atomic E-state index is -0.338. The normalized spacial score (nSPS) is 14.8. The van der Waals surface area contributed by atoms with Crippen LogP contribution in [-0.2, 0) is 9.53 Å². The lowest BCUT2D eigenvalue weighted by Gasteiger charge is -2.21. The number of benzene rings is 1. The van der Waals surface area contributed by atoms with Crippen LogP contribution in [0.15, 0.2) is 24.3 Å². The van der Waals surface area contributed by atoms with Gasteiger partial charge in [0.15, 0.2) is 0 Å². The number of unbranched alkanes of at least 4 members (excludes halogenated alkanes) is 3. The Hall–Kier alpha value is -2.08. The van der Waals surface area contributed by atoms with E-state index < -0.39 is 0 Å². The van der Waals surface area contributed by atoms with Gasteiger partial charge in [-0.05, 0) is 43.5 Å². The van der Waals surface area contributed by atoms with Crippen molar-refractivity contribution in [2.75, 3.05) is 19.8 Å². The molecule has 1 aromatic rings. The predicted molar refractivity (Wildman–Crippen MR) is 95.2 cm³/mol. The first-order chi connectivity index (χ1) is 12.2. The fraction of sp³-hybridized carbons (Fsp3) is 0.579.